The Balaban J connectivity index is 0.979. The molecule has 0 fully saturated rings. The number of hydrogen-bond donors (Lipinski definition) is 0. The van der Waals surface area contributed by atoms with Gasteiger partial charge in [-0.25, -0.2) is 4.98 Å². The molecular formula is C71H50N4. The normalized spacial score (nSPS) is 11.7. The van der Waals surface area contributed by atoms with Crippen LogP contribution in [-0.4, -0.2) is 19.5 Å². The van der Waals surface area contributed by atoms with Crippen LogP contribution in [0, 0.1) is 0 Å². The van der Waals surface area contributed by atoms with E-state index in [9.17, 15) is 0 Å². The van der Waals surface area contributed by atoms with Crippen molar-refractivity contribution in [1.29, 1.82) is 0 Å². The Morgan fingerprint density at radius 1 is 0.227 bits per heavy atom. The molecule has 0 bridgehead atoms. The maximum absolute atomic E-state index is 5.43. The summed E-state index contributed by atoms with van der Waals surface area (Å²) in [5.41, 5.74) is 14.2. The van der Waals surface area contributed by atoms with E-state index in [4.69, 9.17) is 15.0 Å². The molecule has 13 rings (SSSR count). The van der Waals surface area contributed by atoms with Crippen molar-refractivity contribution in [3.63, 3.8) is 0 Å². The van der Waals surface area contributed by atoms with Crippen LogP contribution < -0.4 is 0 Å². The summed E-state index contributed by atoms with van der Waals surface area (Å²) in [7, 11) is 0. The molecule has 2 aromatic heterocycles. The van der Waals surface area contributed by atoms with Crippen LogP contribution in [0.5, 0.6) is 0 Å². The van der Waals surface area contributed by atoms with E-state index in [2.05, 4.69) is 308 Å². The van der Waals surface area contributed by atoms with Crippen LogP contribution in [-0.2, 0) is 10.8 Å². The van der Waals surface area contributed by atoms with Gasteiger partial charge in [-0.1, -0.05) is 279 Å². The molecule has 0 aliphatic carbocycles. The van der Waals surface area contributed by atoms with E-state index >= 15 is 0 Å². The molecule has 0 saturated carbocycles. The fraction of sp³-hybridized carbons (Fsp3) is 0.0282. The number of benzene rings is 11. The first kappa shape index (κ1) is 45.1. The molecule has 354 valence electrons. The predicted molar refractivity (Wildman–Crippen MR) is 307 cm³/mol. The van der Waals surface area contributed by atoms with Gasteiger partial charge in [0.1, 0.15) is 0 Å². The quantitative estimate of drug-likeness (QED) is 0.115. The van der Waals surface area contributed by atoms with Gasteiger partial charge in [-0.3, -0.25) is 4.57 Å². The average Bonchev–Trinajstić information content (AvgIpc) is 3.84. The van der Waals surface area contributed by atoms with Crippen LogP contribution in [0.4, 0.5) is 0 Å². The number of aromatic nitrogens is 4. The summed E-state index contributed by atoms with van der Waals surface area (Å²) in [5.74, 6) is 1.71. The van der Waals surface area contributed by atoms with Crippen molar-refractivity contribution in [3.8, 4) is 39.9 Å². The first-order valence-electron chi connectivity index (χ1n) is 25.6. The second-order valence-corrected chi connectivity index (χ2v) is 19.1. The van der Waals surface area contributed by atoms with E-state index in [-0.39, 0.29) is 0 Å². The maximum Gasteiger partial charge on any atom is 0.238 e. The van der Waals surface area contributed by atoms with Crippen molar-refractivity contribution in [3.05, 3.63) is 348 Å². The van der Waals surface area contributed by atoms with E-state index in [0.717, 1.165) is 49.6 Å². The van der Waals surface area contributed by atoms with Crippen LogP contribution in [0.3, 0.4) is 0 Å². The third-order valence-electron chi connectivity index (χ3n) is 15.0. The minimum Gasteiger partial charge on any atom is -0.278 e. The smallest absolute Gasteiger partial charge is 0.238 e. The number of hydrogen-bond acceptors (Lipinski definition) is 3. The van der Waals surface area contributed by atoms with Crippen molar-refractivity contribution < 1.29 is 0 Å². The Morgan fingerprint density at radius 3 is 0.933 bits per heavy atom. The van der Waals surface area contributed by atoms with Gasteiger partial charge in [0, 0.05) is 21.9 Å². The fourth-order valence-corrected chi connectivity index (χ4v) is 11.6. The molecule has 0 aliphatic rings. The summed E-state index contributed by atoms with van der Waals surface area (Å²) in [6.07, 6.45) is 0. The third-order valence-corrected chi connectivity index (χ3v) is 15.0. The zero-order valence-corrected chi connectivity index (χ0v) is 41.2. The maximum atomic E-state index is 5.43. The Hall–Kier alpha value is -9.77. The highest BCUT2D eigenvalue weighted by atomic mass is 15.2. The summed E-state index contributed by atoms with van der Waals surface area (Å²) in [6, 6.07) is 109. The zero-order chi connectivity index (χ0) is 50.0. The van der Waals surface area contributed by atoms with Crippen molar-refractivity contribution in [1.82, 2.24) is 19.5 Å². The van der Waals surface area contributed by atoms with Crippen LogP contribution in [0.15, 0.2) is 303 Å². The lowest BCUT2D eigenvalue weighted by Crippen LogP contribution is -2.31. The van der Waals surface area contributed by atoms with Crippen LogP contribution in [0.2, 0.25) is 0 Å². The van der Waals surface area contributed by atoms with Gasteiger partial charge in [0.05, 0.1) is 21.9 Å². The highest BCUT2D eigenvalue weighted by Crippen LogP contribution is 2.48. The van der Waals surface area contributed by atoms with Gasteiger partial charge in [0.25, 0.3) is 0 Å². The summed E-state index contributed by atoms with van der Waals surface area (Å²) in [5, 5.41) is 2.28. The molecule has 4 nitrogen and oxygen atoms in total. The van der Waals surface area contributed by atoms with Crippen LogP contribution in [0.1, 0.15) is 44.5 Å². The van der Waals surface area contributed by atoms with Crippen LogP contribution in [0.25, 0.3) is 61.7 Å². The Bertz CT molecular complexity index is 3840. The largest absolute Gasteiger partial charge is 0.278 e. The molecule has 0 saturated heterocycles. The number of fused-ring (bicyclic) bond motifs is 3. The monoisotopic (exact) mass is 958 g/mol. The summed E-state index contributed by atoms with van der Waals surface area (Å²) >= 11 is 0. The Morgan fingerprint density at radius 2 is 0.533 bits per heavy atom. The summed E-state index contributed by atoms with van der Waals surface area (Å²) in [4.78, 5) is 16.2. The van der Waals surface area contributed by atoms with Gasteiger partial charge in [0.15, 0.2) is 11.6 Å². The van der Waals surface area contributed by atoms with E-state index in [0.29, 0.717) is 17.6 Å². The Kier molecular flexibility index (Phi) is 11.6. The second kappa shape index (κ2) is 19.3. The van der Waals surface area contributed by atoms with Crippen molar-refractivity contribution >= 4 is 21.8 Å². The lowest BCUT2D eigenvalue weighted by atomic mass is 9.65. The fourth-order valence-electron chi connectivity index (χ4n) is 11.6. The van der Waals surface area contributed by atoms with Gasteiger partial charge < -0.3 is 0 Å². The van der Waals surface area contributed by atoms with Gasteiger partial charge in [-0.05, 0) is 79.9 Å². The molecule has 11 aromatic carbocycles. The molecule has 0 aliphatic heterocycles. The summed E-state index contributed by atoms with van der Waals surface area (Å²) < 4.78 is 2.18. The van der Waals surface area contributed by atoms with Crippen LogP contribution >= 0.6 is 0 Å². The van der Waals surface area contributed by atoms with Gasteiger partial charge >= 0.3 is 0 Å². The minimum atomic E-state index is -0.651. The molecule has 0 atom stereocenters. The van der Waals surface area contributed by atoms with E-state index in [1.807, 2.05) is 0 Å². The summed E-state index contributed by atoms with van der Waals surface area (Å²) in [6.45, 7) is 0. The first-order chi connectivity index (χ1) is 37.2. The molecular weight excluding hydrogens is 909 g/mol. The predicted octanol–water partition coefficient (Wildman–Crippen LogP) is 16.7. The highest BCUT2D eigenvalue weighted by molar-refractivity contribution is 6.09. The van der Waals surface area contributed by atoms with Gasteiger partial charge in [-0.2, -0.15) is 9.97 Å². The topological polar surface area (TPSA) is 43.6 Å². The van der Waals surface area contributed by atoms with E-state index in [1.165, 1.54) is 38.9 Å². The second-order valence-electron chi connectivity index (χ2n) is 19.1. The molecule has 4 heteroatoms. The minimum absolute atomic E-state index is 0.550. The molecule has 0 unspecified atom stereocenters. The van der Waals surface area contributed by atoms with E-state index in [1.54, 1.807) is 0 Å². The molecule has 0 N–H and O–H groups in total. The number of rotatable bonds is 12. The molecule has 0 amide bonds. The Labute approximate surface area is 437 Å². The first-order valence-corrected chi connectivity index (χ1v) is 25.6. The molecule has 13 aromatic rings. The van der Waals surface area contributed by atoms with Gasteiger partial charge in [-0.15, -0.1) is 0 Å². The van der Waals surface area contributed by atoms with Crippen molar-refractivity contribution in [2.75, 3.05) is 0 Å². The number of para-hydroxylation sites is 2. The third kappa shape index (κ3) is 7.83. The van der Waals surface area contributed by atoms with E-state index < -0.39 is 10.8 Å². The number of nitrogens with zero attached hydrogens (tertiary/aromatic N) is 4. The van der Waals surface area contributed by atoms with Crippen molar-refractivity contribution in [2.24, 2.45) is 0 Å². The molecule has 0 radical (unpaired) electrons. The molecule has 75 heavy (non-hydrogen) atoms. The lowest BCUT2D eigenvalue weighted by Gasteiger charge is -2.37. The highest BCUT2D eigenvalue weighted by Gasteiger charge is 2.40. The molecule has 2 heterocycles. The SMILES string of the molecule is c1ccc(C(c2ccccc2)(c2ccccc2)c2cccc(-c3ccc(-c4nc(-c5cccc(C(c6ccccc6)(c6ccccc6)c6ccccc6)c5)nc(-n5c6ccccc6c6ccccc65)n4)cc3)c2)cc1. The van der Waals surface area contributed by atoms with Crippen molar-refractivity contribution in [2.45, 2.75) is 10.8 Å². The molecule has 0 spiro atoms. The lowest BCUT2D eigenvalue weighted by molar-refractivity contribution is 0.745. The van der Waals surface area contributed by atoms with Gasteiger partial charge in [0.2, 0.25) is 5.95 Å². The average molecular weight is 959 g/mol. The zero-order valence-electron chi connectivity index (χ0n) is 41.2. The standard InChI is InChI=1S/C71H50N4/c1-7-27-55(28-8-1)70(56-29-9-2-10-30-56,57-31-11-3-12-32-57)61-39-23-25-53(49-61)51-45-47-52(48-46-51)67-72-68(74-69(73-67)75-65-43-21-19-41-63(65)64-42-20-22-44-66(64)75)54-26-24-40-62(50-54)71(58-33-13-4-14-34-58,59-35-15-5-16-36-59)60-37-17-6-18-38-60/h1-50H.